The number of carboxylic acids is 1. The van der Waals surface area contributed by atoms with E-state index in [9.17, 15) is 19.5 Å². The Morgan fingerprint density at radius 1 is 1.02 bits per heavy atom. The van der Waals surface area contributed by atoms with Crippen LogP contribution in [0.2, 0.25) is 0 Å². The first-order valence-electron chi connectivity index (χ1n) is 14.8. The molecule has 1 aliphatic carbocycles. The van der Waals surface area contributed by atoms with Gasteiger partial charge in [-0.3, -0.25) is 9.59 Å². The van der Waals surface area contributed by atoms with E-state index in [1.807, 2.05) is 72.8 Å². The number of allylic oxidation sites excluding steroid dienone is 1. The van der Waals surface area contributed by atoms with Crippen LogP contribution in [0.4, 0.5) is 5.69 Å². The number of aliphatic carboxylic acids is 1. The van der Waals surface area contributed by atoms with Crippen LogP contribution in [0.3, 0.4) is 0 Å². The number of benzene rings is 2. The quantitative estimate of drug-likeness (QED) is 0.387. The number of hydrogen-bond donors (Lipinski definition) is 3. The van der Waals surface area contributed by atoms with Gasteiger partial charge >= 0.3 is 5.97 Å². The maximum Gasteiger partial charge on any atom is 0.330 e. The predicted molar refractivity (Wildman–Crippen MR) is 159 cm³/mol. The molecule has 2 amide bonds. The summed E-state index contributed by atoms with van der Waals surface area (Å²) in [5.74, 6) is -1.56. The van der Waals surface area contributed by atoms with E-state index in [2.05, 4.69) is 15.6 Å². The summed E-state index contributed by atoms with van der Waals surface area (Å²) >= 11 is 0. The molecule has 5 atom stereocenters. The van der Waals surface area contributed by atoms with Gasteiger partial charge < -0.3 is 25.4 Å². The van der Waals surface area contributed by atoms with Gasteiger partial charge in [0, 0.05) is 29.5 Å². The van der Waals surface area contributed by atoms with Crippen molar-refractivity contribution in [3.05, 3.63) is 78.9 Å². The number of carboxylic acid groups (broad SMARTS) is 1. The number of pyridine rings is 1. The summed E-state index contributed by atoms with van der Waals surface area (Å²) in [6, 6.07) is 19.6. The molecule has 1 saturated carbocycles. The number of hydrogen-bond acceptors (Lipinski definition) is 6. The number of aromatic nitrogens is 1. The molecule has 0 bridgehead atoms. The number of rotatable bonds is 5. The molecule has 2 aromatic carbocycles. The number of fused-ring (bicyclic) bond motifs is 3. The average molecular weight is 569 g/mol. The van der Waals surface area contributed by atoms with Crippen LogP contribution in [0.1, 0.15) is 44.9 Å². The monoisotopic (exact) mass is 568 g/mol. The van der Waals surface area contributed by atoms with Gasteiger partial charge in [-0.15, -0.1) is 0 Å². The van der Waals surface area contributed by atoms with Gasteiger partial charge in [0.25, 0.3) is 0 Å². The molecule has 6 rings (SSSR count). The van der Waals surface area contributed by atoms with Gasteiger partial charge in [-0.05, 0) is 49.9 Å². The van der Waals surface area contributed by atoms with E-state index in [1.165, 1.54) is 0 Å². The second kappa shape index (κ2) is 11.8. The summed E-state index contributed by atoms with van der Waals surface area (Å²) < 4.78 is 6.25. The minimum atomic E-state index is -1.34. The standard InChI is InChI=1S/C33H36N4O5/c38-30-28-19-25(42-29-18-17-22-11-9-10-15-26(22)35-29)21-37(28)31(39)27(34-24-13-6-4-7-14-24)16-8-3-1-2-5-12-23-20-33(23,36-30)32(40)41/h4-7,9-15,17-18,23,25,27-28,34H,1-3,8,16,19-21H2,(H,36,38)(H,40,41)/b12-5-/t23-,25-,27+,28+,33-/m1/s1. The number of carbonyl (C=O) groups is 3. The second-order valence-corrected chi connectivity index (χ2v) is 11.5. The molecule has 218 valence electrons. The Labute approximate surface area is 245 Å². The van der Waals surface area contributed by atoms with Gasteiger partial charge in [0.1, 0.15) is 23.7 Å². The van der Waals surface area contributed by atoms with Crippen LogP contribution in [0, 0.1) is 5.92 Å². The van der Waals surface area contributed by atoms with Crippen LogP contribution in [0.25, 0.3) is 10.9 Å². The second-order valence-electron chi connectivity index (χ2n) is 11.5. The van der Waals surface area contributed by atoms with E-state index >= 15 is 0 Å². The topological polar surface area (TPSA) is 121 Å². The fourth-order valence-electron chi connectivity index (χ4n) is 6.17. The van der Waals surface area contributed by atoms with Crippen molar-refractivity contribution in [1.82, 2.24) is 15.2 Å². The van der Waals surface area contributed by atoms with Gasteiger partial charge in [-0.2, -0.15) is 0 Å². The lowest BCUT2D eigenvalue weighted by Crippen LogP contribution is -2.55. The highest BCUT2D eigenvalue weighted by atomic mass is 16.5. The van der Waals surface area contributed by atoms with Crippen LogP contribution in [-0.2, 0) is 14.4 Å². The average Bonchev–Trinajstić information content (AvgIpc) is 3.53. The Kier molecular flexibility index (Phi) is 7.82. The Morgan fingerprint density at radius 3 is 2.67 bits per heavy atom. The third-order valence-electron chi connectivity index (χ3n) is 8.60. The molecule has 9 nitrogen and oxygen atoms in total. The molecular formula is C33H36N4O5. The summed E-state index contributed by atoms with van der Waals surface area (Å²) in [7, 11) is 0. The van der Waals surface area contributed by atoms with Gasteiger partial charge in [-0.25, -0.2) is 9.78 Å². The van der Waals surface area contributed by atoms with Crippen molar-refractivity contribution >= 4 is 34.4 Å². The Hall–Kier alpha value is -4.40. The molecule has 3 aromatic rings. The molecule has 42 heavy (non-hydrogen) atoms. The number of carbonyl (C=O) groups excluding carboxylic acids is 2. The minimum absolute atomic E-state index is 0.193. The molecule has 9 heteroatoms. The molecule has 0 spiro atoms. The molecular weight excluding hydrogens is 532 g/mol. The Balaban J connectivity index is 1.28. The van der Waals surface area contributed by atoms with Gasteiger partial charge in [-0.1, -0.05) is 61.4 Å². The Morgan fingerprint density at radius 2 is 1.83 bits per heavy atom. The highest BCUT2D eigenvalue weighted by Gasteiger charge is 2.61. The molecule has 1 aromatic heterocycles. The van der Waals surface area contributed by atoms with Crippen molar-refractivity contribution in [1.29, 1.82) is 0 Å². The van der Waals surface area contributed by atoms with Crippen LogP contribution < -0.4 is 15.4 Å². The molecule has 3 N–H and O–H groups in total. The highest BCUT2D eigenvalue weighted by molar-refractivity contribution is 5.96. The summed E-state index contributed by atoms with van der Waals surface area (Å²) in [5.41, 5.74) is 0.277. The molecule has 3 heterocycles. The van der Waals surface area contributed by atoms with Crippen LogP contribution >= 0.6 is 0 Å². The number of para-hydroxylation sites is 2. The zero-order valence-corrected chi connectivity index (χ0v) is 23.4. The van der Waals surface area contributed by atoms with Crippen LogP contribution in [0.15, 0.2) is 78.9 Å². The minimum Gasteiger partial charge on any atom is -0.479 e. The first kappa shape index (κ1) is 27.8. The number of anilines is 1. The summed E-state index contributed by atoms with van der Waals surface area (Å²) in [6.07, 6.45) is 8.22. The molecule has 2 fully saturated rings. The Bertz CT molecular complexity index is 1490. The van der Waals surface area contributed by atoms with Crippen molar-refractivity contribution in [3.63, 3.8) is 0 Å². The van der Waals surface area contributed by atoms with Gasteiger partial charge in [0.2, 0.25) is 17.7 Å². The summed E-state index contributed by atoms with van der Waals surface area (Å²) in [6.45, 7) is 0.196. The first-order valence-corrected chi connectivity index (χ1v) is 14.8. The number of amides is 2. The van der Waals surface area contributed by atoms with E-state index < -0.39 is 35.6 Å². The smallest absolute Gasteiger partial charge is 0.330 e. The van der Waals surface area contributed by atoms with E-state index in [-0.39, 0.29) is 24.8 Å². The third kappa shape index (κ3) is 5.82. The highest BCUT2D eigenvalue weighted by Crippen LogP contribution is 2.45. The number of ether oxygens (including phenoxy) is 1. The number of nitrogens with one attached hydrogen (secondary N) is 2. The van der Waals surface area contributed by atoms with Crippen molar-refractivity contribution in [3.8, 4) is 5.88 Å². The normalized spacial score (nSPS) is 28.9. The van der Waals surface area contributed by atoms with E-state index in [0.717, 1.165) is 42.3 Å². The van der Waals surface area contributed by atoms with Crippen LogP contribution in [0.5, 0.6) is 5.88 Å². The predicted octanol–water partition coefficient (Wildman–Crippen LogP) is 4.54. The largest absolute Gasteiger partial charge is 0.479 e. The SMILES string of the molecule is O=C1N[C@]2(C(=O)O)C[C@H]2/C=C\CCCCC[C@H](Nc2ccccc2)C(=O)N2C[C@H](Oc3ccc4ccccc4n3)C[C@@H]12. The fourth-order valence-corrected chi connectivity index (χ4v) is 6.17. The van der Waals surface area contributed by atoms with E-state index in [4.69, 9.17) is 4.74 Å². The van der Waals surface area contributed by atoms with E-state index in [1.54, 1.807) is 11.0 Å². The zero-order chi connectivity index (χ0) is 29.1. The van der Waals surface area contributed by atoms with Crippen LogP contribution in [-0.4, -0.2) is 63.0 Å². The van der Waals surface area contributed by atoms with Gasteiger partial charge in [0.15, 0.2) is 0 Å². The van der Waals surface area contributed by atoms with Crippen molar-refractivity contribution in [2.24, 2.45) is 5.92 Å². The fraction of sp³-hybridized carbons (Fsp3) is 0.394. The zero-order valence-electron chi connectivity index (χ0n) is 23.4. The maximum absolute atomic E-state index is 14.2. The van der Waals surface area contributed by atoms with Crippen molar-refractivity contribution in [2.75, 3.05) is 11.9 Å². The lowest BCUT2D eigenvalue weighted by Gasteiger charge is -2.30. The van der Waals surface area contributed by atoms with Crippen molar-refractivity contribution in [2.45, 2.75) is 68.7 Å². The van der Waals surface area contributed by atoms with Crippen molar-refractivity contribution < 1.29 is 24.2 Å². The van der Waals surface area contributed by atoms with E-state index in [0.29, 0.717) is 18.7 Å². The first-order chi connectivity index (χ1) is 20.4. The third-order valence-corrected chi connectivity index (χ3v) is 8.60. The summed E-state index contributed by atoms with van der Waals surface area (Å²) in [5, 5.41) is 17.3. The molecule has 2 aliphatic heterocycles. The molecule has 0 radical (unpaired) electrons. The van der Waals surface area contributed by atoms with Gasteiger partial charge in [0.05, 0.1) is 12.1 Å². The molecule has 3 aliphatic rings. The summed E-state index contributed by atoms with van der Waals surface area (Å²) in [4.78, 5) is 46.5. The maximum atomic E-state index is 14.2. The molecule has 0 unspecified atom stereocenters. The number of nitrogens with zero attached hydrogens (tertiary/aromatic N) is 2. The molecule has 1 saturated heterocycles. The lowest BCUT2D eigenvalue weighted by atomic mass is 10.0. The lowest BCUT2D eigenvalue weighted by molar-refractivity contribution is -0.145.